The molecule has 0 saturated heterocycles. The largest absolute Gasteiger partial charge is 0.452 e. The fourth-order valence-electron chi connectivity index (χ4n) is 1.65. The summed E-state index contributed by atoms with van der Waals surface area (Å²) in [5, 5.41) is 13.7. The number of benzene rings is 1. The highest BCUT2D eigenvalue weighted by atomic mass is 79.9. The molecule has 0 spiro atoms. The lowest BCUT2D eigenvalue weighted by molar-refractivity contribution is -0.384. The minimum Gasteiger partial charge on any atom is -0.452 e. The Morgan fingerprint density at radius 3 is 2.74 bits per heavy atom. The van der Waals surface area contributed by atoms with Crippen molar-refractivity contribution in [1.29, 1.82) is 0 Å². The Kier molecular flexibility index (Phi) is 3.84. The van der Waals surface area contributed by atoms with E-state index >= 15 is 0 Å². The summed E-state index contributed by atoms with van der Waals surface area (Å²) in [6.07, 6.45) is 0. The van der Waals surface area contributed by atoms with Crippen LogP contribution in [0.15, 0.2) is 39.4 Å². The van der Waals surface area contributed by atoms with E-state index < -0.39 is 10.7 Å². The van der Waals surface area contributed by atoms with Gasteiger partial charge < -0.3 is 9.73 Å². The number of nitro groups is 1. The van der Waals surface area contributed by atoms with Gasteiger partial charge in [0.1, 0.15) is 17.3 Å². The van der Waals surface area contributed by atoms with Crippen LogP contribution in [-0.2, 0) is 0 Å². The zero-order valence-corrected chi connectivity index (χ0v) is 11.5. The fourth-order valence-corrected chi connectivity index (χ4v) is 1.97. The highest BCUT2D eigenvalue weighted by Crippen LogP contribution is 2.30. The van der Waals surface area contributed by atoms with Gasteiger partial charge in [-0.05, 0) is 41.1 Å². The Bertz CT molecular complexity index is 615. The second-order valence-electron chi connectivity index (χ2n) is 3.93. The third-order valence-corrected chi connectivity index (χ3v) is 2.97. The van der Waals surface area contributed by atoms with Gasteiger partial charge in [-0.15, -0.1) is 0 Å². The lowest BCUT2D eigenvalue weighted by atomic mass is 10.2. The van der Waals surface area contributed by atoms with E-state index in [2.05, 4.69) is 21.2 Å². The second-order valence-corrected chi connectivity index (χ2v) is 4.71. The zero-order valence-electron chi connectivity index (χ0n) is 9.89. The monoisotopic (exact) mass is 328 g/mol. The summed E-state index contributed by atoms with van der Waals surface area (Å²) >= 11 is 3.17. The van der Waals surface area contributed by atoms with Crippen LogP contribution in [0.2, 0.25) is 0 Å². The van der Waals surface area contributed by atoms with Crippen LogP contribution in [-0.4, -0.2) is 4.92 Å². The number of hydrogen-bond donors (Lipinski definition) is 1. The van der Waals surface area contributed by atoms with E-state index in [1.165, 1.54) is 0 Å². The van der Waals surface area contributed by atoms with Crippen molar-refractivity contribution < 1.29 is 13.7 Å². The number of nitrogens with zero attached hydrogens (tertiary/aromatic N) is 1. The zero-order chi connectivity index (χ0) is 14.0. The van der Waals surface area contributed by atoms with Crippen molar-refractivity contribution in [2.75, 3.05) is 5.32 Å². The van der Waals surface area contributed by atoms with Gasteiger partial charge in [0.15, 0.2) is 4.67 Å². The maximum Gasteiger partial charge on any atom is 0.292 e. The van der Waals surface area contributed by atoms with E-state index in [0.29, 0.717) is 10.4 Å². The molecule has 2 aromatic rings. The van der Waals surface area contributed by atoms with E-state index in [1.807, 2.05) is 0 Å². The summed E-state index contributed by atoms with van der Waals surface area (Å²) in [4.78, 5) is 10.3. The highest BCUT2D eigenvalue weighted by molar-refractivity contribution is 9.10. The maximum atomic E-state index is 13.2. The van der Waals surface area contributed by atoms with Gasteiger partial charge in [-0.2, -0.15) is 0 Å². The highest BCUT2D eigenvalue weighted by Gasteiger charge is 2.18. The summed E-state index contributed by atoms with van der Waals surface area (Å²) in [6.45, 7) is 1.76. The Morgan fingerprint density at radius 2 is 2.16 bits per heavy atom. The van der Waals surface area contributed by atoms with Crippen molar-refractivity contribution in [3.63, 3.8) is 0 Å². The molecule has 5 nitrogen and oxygen atoms in total. The van der Waals surface area contributed by atoms with Gasteiger partial charge in [0, 0.05) is 12.1 Å². The minimum absolute atomic E-state index is 0.116. The fraction of sp³-hybridized carbons (Fsp3) is 0.167. The van der Waals surface area contributed by atoms with Gasteiger partial charge >= 0.3 is 0 Å². The molecule has 0 fully saturated rings. The molecule has 0 radical (unpaired) electrons. The molecule has 1 N–H and O–H groups in total. The molecule has 1 atom stereocenters. The van der Waals surface area contributed by atoms with Crippen molar-refractivity contribution in [3.8, 4) is 0 Å². The first-order chi connectivity index (χ1) is 8.97. The van der Waals surface area contributed by atoms with Crippen LogP contribution in [0.1, 0.15) is 18.7 Å². The number of anilines is 1. The molecule has 0 aliphatic carbocycles. The molecule has 0 aliphatic rings. The van der Waals surface area contributed by atoms with E-state index in [4.69, 9.17) is 4.42 Å². The van der Waals surface area contributed by atoms with Crippen LogP contribution < -0.4 is 5.32 Å². The molecule has 2 rings (SSSR count). The number of halogens is 2. The second kappa shape index (κ2) is 5.40. The summed E-state index contributed by atoms with van der Waals surface area (Å²) in [7, 11) is 0. The smallest absolute Gasteiger partial charge is 0.292 e. The maximum absolute atomic E-state index is 13.2. The number of furan rings is 1. The van der Waals surface area contributed by atoms with Gasteiger partial charge in [0.05, 0.1) is 11.0 Å². The molecule has 0 saturated carbocycles. The van der Waals surface area contributed by atoms with Crippen LogP contribution in [0.5, 0.6) is 0 Å². The predicted molar refractivity (Wildman–Crippen MR) is 71.5 cm³/mol. The number of nitrogens with one attached hydrogen (secondary N) is 1. The van der Waals surface area contributed by atoms with Crippen molar-refractivity contribution in [3.05, 3.63) is 56.7 Å². The van der Waals surface area contributed by atoms with Gasteiger partial charge in [-0.25, -0.2) is 4.39 Å². The van der Waals surface area contributed by atoms with E-state index in [-0.39, 0.29) is 17.4 Å². The molecule has 0 bridgehead atoms. The molecule has 1 aromatic carbocycles. The van der Waals surface area contributed by atoms with Gasteiger partial charge in [-0.3, -0.25) is 10.1 Å². The Morgan fingerprint density at radius 1 is 1.42 bits per heavy atom. The van der Waals surface area contributed by atoms with Crippen molar-refractivity contribution in [2.45, 2.75) is 13.0 Å². The number of hydrogen-bond acceptors (Lipinski definition) is 4. The average Bonchev–Trinajstić information content (AvgIpc) is 2.75. The van der Waals surface area contributed by atoms with Crippen LogP contribution in [0.3, 0.4) is 0 Å². The quantitative estimate of drug-likeness (QED) is 0.672. The van der Waals surface area contributed by atoms with Gasteiger partial charge in [-0.1, -0.05) is 0 Å². The normalized spacial score (nSPS) is 12.2. The lowest BCUT2D eigenvalue weighted by Gasteiger charge is -2.13. The van der Waals surface area contributed by atoms with Crippen LogP contribution in [0.25, 0.3) is 0 Å². The third-order valence-electron chi connectivity index (χ3n) is 2.55. The van der Waals surface area contributed by atoms with Gasteiger partial charge in [0.25, 0.3) is 5.69 Å². The first kappa shape index (κ1) is 13.5. The lowest BCUT2D eigenvalue weighted by Crippen LogP contribution is -2.07. The Balaban J connectivity index is 2.27. The van der Waals surface area contributed by atoms with Crippen molar-refractivity contribution in [1.82, 2.24) is 0 Å². The molecular formula is C12H10BrFN2O3. The Labute approximate surface area is 116 Å². The average molecular weight is 329 g/mol. The molecule has 1 aromatic heterocycles. The predicted octanol–water partition coefficient (Wildman–Crippen LogP) is 4.26. The number of nitro benzene ring substituents is 1. The molecule has 0 aliphatic heterocycles. The molecule has 7 heteroatoms. The number of rotatable bonds is 4. The third kappa shape index (κ3) is 3.11. The first-order valence-corrected chi connectivity index (χ1v) is 6.22. The SMILES string of the molecule is CC(Nc1cc(F)ccc1[N+](=O)[O-])c1ccc(Br)o1. The van der Waals surface area contributed by atoms with Crippen LogP contribution >= 0.6 is 15.9 Å². The summed E-state index contributed by atoms with van der Waals surface area (Å²) < 4.78 is 19.1. The van der Waals surface area contributed by atoms with Crippen molar-refractivity contribution in [2.24, 2.45) is 0 Å². The molecule has 100 valence electrons. The topological polar surface area (TPSA) is 68.3 Å². The van der Waals surface area contributed by atoms with E-state index in [1.54, 1.807) is 19.1 Å². The van der Waals surface area contributed by atoms with Crippen molar-refractivity contribution >= 4 is 27.3 Å². The molecule has 1 unspecified atom stereocenters. The summed E-state index contributed by atoms with van der Waals surface area (Å²) in [5.74, 6) is 0.0476. The first-order valence-electron chi connectivity index (χ1n) is 5.43. The summed E-state index contributed by atoms with van der Waals surface area (Å²) in [5.41, 5.74) is -0.0658. The summed E-state index contributed by atoms with van der Waals surface area (Å²) in [6, 6.07) is 6.39. The van der Waals surface area contributed by atoms with Crippen LogP contribution in [0.4, 0.5) is 15.8 Å². The molecule has 1 heterocycles. The molecule has 19 heavy (non-hydrogen) atoms. The molecule has 0 amide bonds. The van der Waals surface area contributed by atoms with Crippen LogP contribution in [0, 0.1) is 15.9 Å². The standard InChI is InChI=1S/C12H10BrFN2O3/c1-7(11-4-5-12(13)19-11)15-9-6-8(14)2-3-10(9)16(17)18/h2-7,15H,1H3. The van der Waals surface area contributed by atoms with Gasteiger partial charge in [0.2, 0.25) is 0 Å². The van der Waals surface area contributed by atoms with E-state index in [9.17, 15) is 14.5 Å². The molecular weight excluding hydrogens is 319 g/mol. The Hall–Kier alpha value is -1.89. The van der Waals surface area contributed by atoms with E-state index in [0.717, 1.165) is 18.2 Å². The minimum atomic E-state index is -0.563.